The summed E-state index contributed by atoms with van der Waals surface area (Å²) in [6, 6.07) is 4.26. The number of halogens is 2. The van der Waals surface area contributed by atoms with Gasteiger partial charge in [-0.3, -0.25) is 0 Å². The molecule has 6 heteroatoms. The molecule has 0 bridgehead atoms. The zero-order valence-electron chi connectivity index (χ0n) is 9.58. The molecule has 0 heterocycles. The van der Waals surface area contributed by atoms with Crippen molar-refractivity contribution in [2.45, 2.75) is 13.0 Å². The lowest BCUT2D eigenvalue weighted by atomic mass is 10.3. The molecule has 2 amide bonds. The van der Waals surface area contributed by atoms with E-state index in [9.17, 15) is 4.79 Å². The molecule has 94 valence electrons. The van der Waals surface area contributed by atoms with Crippen molar-refractivity contribution in [1.82, 2.24) is 4.90 Å². The molecule has 0 saturated heterocycles. The summed E-state index contributed by atoms with van der Waals surface area (Å²) in [7, 11) is 1.60. The van der Waals surface area contributed by atoms with Crippen LogP contribution in [0.3, 0.4) is 0 Å². The number of rotatable bonds is 3. The highest BCUT2D eigenvalue weighted by atomic mass is 35.5. The van der Waals surface area contributed by atoms with Crippen molar-refractivity contribution < 1.29 is 9.90 Å². The predicted octanol–water partition coefficient (Wildman–Crippen LogP) is 2.84. The van der Waals surface area contributed by atoms with E-state index in [0.717, 1.165) is 0 Å². The van der Waals surface area contributed by atoms with Gasteiger partial charge in [0.05, 0.1) is 22.7 Å². The molecule has 0 fully saturated rings. The van der Waals surface area contributed by atoms with Gasteiger partial charge in [0.1, 0.15) is 0 Å². The van der Waals surface area contributed by atoms with Crippen LogP contribution in [-0.2, 0) is 0 Å². The Kier molecular flexibility index (Phi) is 5.05. The molecule has 0 aliphatic rings. The third kappa shape index (κ3) is 3.77. The first-order valence-corrected chi connectivity index (χ1v) is 5.81. The van der Waals surface area contributed by atoms with E-state index >= 15 is 0 Å². The SMILES string of the molecule is CC(CO)N(C)C(=O)Nc1ccc(Cl)c(Cl)c1. The van der Waals surface area contributed by atoms with Gasteiger partial charge in [0, 0.05) is 12.7 Å². The van der Waals surface area contributed by atoms with Crippen LogP contribution in [0.4, 0.5) is 10.5 Å². The van der Waals surface area contributed by atoms with Crippen LogP contribution in [0.25, 0.3) is 0 Å². The van der Waals surface area contributed by atoms with Gasteiger partial charge in [-0.1, -0.05) is 23.2 Å². The molecule has 4 nitrogen and oxygen atoms in total. The number of likely N-dealkylation sites (N-methyl/N-ethyl adjacent to an activating group) is 1. The van der Waals surface area contributed by atoms with Crippen LogP contribution in [0.1, 0.15) is 6.92 Å². The van der Waals surface area contributed by atoms with Crippen molar-refractivity contribution in [3.63, 3.8) is 0 Å². The van der Waals surface area contributed by atoms with Gasteiger partial charge in [-0.05, 0) is 25.1 Å². The monoisotopic (exact) mass is 276 g/mol. The quantitative estimate of drug-likeness (QED) is 0.892. The Morgan fingerprint density at radius 2 is 2.12 bits per heavy atom. The fourth-order valence-electron chi connectivity index (χ4n) is 1.11. The van der Waals surface area contributed by atoms with Crippen LogP contribution in [0, 0.1) is 0 Å². The van der Waals surface area contributed by atoms with E-state index in [-0.39, 0.29) is 18.7 Å². The lowest BCUT2D eigenvalue weighted by Crippen LogP contribution is -2.40. The van der Waals surface area contributed by atoms with Gasteiger partial charge in [-0.25, -0.2) is 4.79 Å². The smallest absolute Gasteiger partial charge is 0.321 e. The number of hydrogen-bond donors (Lipinski definition) is 2. The molecular weight excluding hydrogens is 263 g/mol. The maximum absolute atomic E-state index is 11.7. The minimum Gasteiger partial charge on any atom is -0.394 e. The average molecular weight is 277 g/mol. The third-order valence-corrected chi connectivity index (χ3v) is 3.16. The molecule has 0 aliphatic carbocycles. The zero-order valence-corrected chi connectivity index (χ0v) is 11.1. The Morgan fingerprint density at radius 1 is 1.47 bits per heavy atom. The molecule has 1 unspecified atom stereocenters. The number of carbonyl (C=O) groups is 1. The summed E-state index contributed by atoms with van der Waals surface area (Å²) in [6.07, 6.45) is 0. The van der Waals surface area contributed by atoms with E-state index in [2.05, 4.69) is 5.32 Å². The molecule has 0 radical (unpaired) electrons. The third-order valence-electron chi connectivity index (χ3n) is 2.42. The van der Waals surface area contributed by atoms with Gasteiger partial charge in [-0.15, -0.1) is 0 Å². The number of nitrogens with one attached hydrogen (secondary N) is 1. The summed E-state index contributed by atoms with van der Waals surface area (Å²) < 4.78 is 0. The highest BCUT2D eigenvalue weighted by molar-refractivity contribution is 6.42. The molecule has 1 rings (SSSR count). The second-order valence-corrected chi connectivity index (χ2v) is 4.52. The van der Waals surface area contributed by atoms with E-state index < -0.39 is 0 Å². The highest BCUT2D eigenvalue weighted by Crippen LogP contribution is 2.25. The number of anilines is 1. The molecule has 1 aromatic carbocycles. The Hall–Kier alpha value is -0.970. The summed E-state index contributed by atoms with van der Waals surface area (Å²) in [5, 5.41) is 12.4. The van der Waals surface area contributed by atoms with Crippen molar-refractivity contribution in [2.75, 3.05) is 19.0 Å². The summed E-state index contributed by atoms with van der Waals surface area (Å²) in [6.45, 7) is 1.65. The molecule has 0 aliphatic heterocycles. The first-order chi connectivity index (χ1) is 7.95. The molecule has 17 heavy (non-hydrogen) atoms. The van der Waals surface area contributed by atoms with Crippen LogP contribution >= 0.6 is 23.2 Å². The minimum atomic E-state index is -0.315. The van der Waals surface area contributed by atoms with Crippen molar-refractivity contribution >= 4 is 34.9 Å². The number of amides is 2. The van der Waals surface area contributed by atoms with Crippen LogP contribution in [0.5, 0.6) is 0 Å². The second kappa shape index (κ2) is 6.10. The number of benzene rings is 1. The zero-order chi connectivity index (χ0) is 13.0. The van der Waals surface area contributed by atoms with Gasteiger partial charge >= 0.3 is 6.03 Å². The fraction of sp³-hybridized carbons (Fsp3) is 0.364. The molecule has 0 spiro atoms. The van der Waals surface area contributed by atoms with Crippen LogP contribution in [0.2, 0.25) is 10.0 Å². The lowest BCUT2D eigenvalue weighted by Gasteiger charge is -2.23. The van der Waals surface area contributed by atoms with Crippen molar-refractivity contribution in [3.05, 3.63) is 28.2 Å². The molecule has 0 saturated carbocycles. The van der Waals surface area contributed by atoms with Gasteiger partial charge in [0.25, 0.3) is 0 Å². The first-order valence-electron chi connectivity index (χ1n) is 5.05. The second-order valence-electron chi connectivity index (χ2n) is 3.70. The van der Waals surface area contributed by atoms with Crippen LogP contribution < -0.4 is 5.32 Å². The molecule has 1 atom stereocenters. The molecular formula is C11H14Cl2N2O2. The number of aliphatic hydroxyl groups is 1. The van der Waals surface area contributed by atoms with Crippen molar-refractivity contribution in [3.8, 4) is 0 Å². The number of urea groups is 1. The van der Waals surface area contributed by atoms with E-state index in [1.165, 1.54) is 4.90 Å². The van der Waals surface area contributed by atoms with E-state index in [1.807, 2.05) is 0 Å². The van der Waals surface area contributed by atoms with Crippen molar-refractivity contribution in [2.24, 2.45) is 0 Å². The normalized spacial score (nSPS) is 12.1. The molecule has 0 aromatic heterocycles. The van der Waals surface area contributed by atoms with Crippen molar-refractivity contribution in [1.29, 1.82) is 0 Å². The highest BCUT2D eigenvalue weighted by Gasteiger charge is 2.14. The molecule has 1 aromatic rings. The number of aliphatic hydroxyl groups excluding tert-OH is 1. The summed E-state index contributed by atoms with van der Waals surface area (Å²) in [5.41, 5.74) is 0.557. The Labute approximate surface area is 110 Å². The van der Waals surface area contributed by atoms with Gasteiger partial charge in [0.15, 0.2) is 0 Å². The number of hydrogen-bond acceptors (Lipinski definition) is 2. The lowest BCUT2D eigenvalue weighted by molar-refractivity contribution is 0.166. The number of carbonyl (C=O) groups excluding carboxylic acids is 1. The maximum atomic E-state index is 11.7. The van der Waals surface area contributed by atoms with Gasteiger partial charge in [-0.2, -0.15) is 0 Å². The van der Waals surface area contributed by atoms with E-state index in [1.54, 1.807) is 32.2 Å². The standard InChI is InChI=1S/C11H14Cl2N2O2/c1-7(6-16)15(2)11(17)14-8-3-4-9(12)10(13)5-8/h3-5,7,16H,6H2,1-2H3,(H,14,17). The average Bonchev–Trinajstić information content (AvgIpc) is 2.31. The van der Waals surface area contributed by atoms with Gasteiger partial charge < -0.3 is 15.3 Å². The maximum Gasteiger partial charge on any atom is 0.321 e. The van der Waals surface area contributed by atoms with E-state index in [4.69, 9.17) is 28.3 Å². The predicted molar refractivity (Wildman–Crippen MR) is 69.8 cm³/mol. The molecule has 2 N–H and O–H groups in total. The largest absolute Gasteiger partial charge is 0.394 e. The van der Waals surface area contributed by atoms with Gasteiger partial charge in [0.2, 0.25) is 0 Å². The summed E-state index contributed by atoms with van der Waals surface area (Å²) >= 11 is 11.6. The Bertz CT molecular complexity index is 412. The minimum absolute atomic E-state index is 0.0920. The summed E-state index contributed by atoms with van der Waals surface area (Å²) in [4.78, 5) is 13.1. The van der Waals surface area contributed by atoms with E-state index in [0.29, 0.717) is 15.7 Å². The number of nitrogens with zero attached hydrogens (tertiary/aromatic N) is 1. The Balaban J connectivity index is 2.71. The van der Waals surface area contributed by atoms with Crippen LogP contribution in [0.15, 0.2) is 18.2 Å². The first kappa shape index (κ1) is 14.1. The fourth-order valence-corrected chi connectivity index (χ4v) is 1.41. The topological polar surface area (TPSA) is 52.6 Å². The summed E-state index contributed by atoms with van der Waals surface area (Å²) in [5.74, 6) is 0. The van der Waals surface area contributed by atoms with Crippen LogP contribution in [-0.4, -0.2) is 35.7 Å². The Morgan fingerprint density at radius 3 is 2.65 bits per heavy atom.